The Balaban J connectivity index is 1.56. The van der Waals surface area contributed by atoms with Crippen molar-refractivity contribution >= 4 is 17.7 Å². The Kier molecular flexibility index (Phi) is 6.60. The van der Waals surface area contributed by atoms with E-state index in [1.807, 2.05) is 55.5 Å². The molecule has 3 aromatic rings. The molecule has 2 N–H and O–H groups in total. The van der Waals surface area contributed by atoms with Gasteiger partial charge in [0.2, 0.25) is 5.91 Å². The lowest BCUT2D eigenvalue weighted by molar-refractivity contribution is -0.120. The fourth-order valence-corrected chi connectivity index (χ4v) is 3.48. The predicted octanol–water partition coefficient (Wildman–Crippen LogP) is 3.89. The molecule has 0 bridgehead atoms. The topological polar surface area (TPSA) is 76.2 Å². The van der Waals surface area contributed by atoms with Gasteiger partial charge in [-0.15, -0.1) is 0 Å². The number of rotatable bonds is 8. The molecule has 0 spiro atoms. The number of hydrogen-bond acceptors (Lipinski definition) is 5. The first-order chi connectivity index (χ1) is 13.6. The van der Waals surface area contributed by atoms with Gasteiger partial charge in [0, 0.05) is 6.54 Å². The molecule has 3 rings (SSSR count). The van der Waals surface area contributed by atoms with Crippen LogP contribution in [0.25, 0.3) is 11.3 Å². The normalized spacial score (nSPS) is 11.7. The summed E-state index contributed by atoms with van der Waals surface area (Å²) >= 11 is 1.39. The van der Waals surface area contributed by atoms with Gasteiger partial charge in [0.15, 0.2) is 16.7 Å². The second kappa shape index (κ2) is 9.32. The fraction of sp³-hybridized carbons (Fsp3) is 0.238. The Labute approximate surface area is 168 Å². The molecule has 0 saturated heterocycles. The van der Waals surface area contributed by atoms with E-state index in [-0.39, 0.29) is 11.2 Å². The lowest BCUT2D eigenvalue weighted by Crippen LogP contribution is -2.30. The average Bonchev–Trinajstić information content (AvgIpc) is 3.20. The molecule has 28 heavy (non-hydrogen) atoms. The van der Waals surface area contributed by atoms with Gasteiger partial charge in [-0.1, -0.05) is 48.2 Å². The van der Waals surface area contributed by atoms with E-state index in [1.165, 1.54) is 11.8 Å². The van der Waals surface area contributed by atoms with E-state index in [0.717, 1.165) is 16.8 Å². The van der Waals surface area contributed by atoms with E-state index in [0.29, 0.717) is 23.2 Å². The molecule has 6 nitrogen and oxygen atoms in total. The highest BCUT2D eigenvalue weighted by Crippen LogP contribution is 2.28. The maximum Gasteiger partial charge on any atom is 0.233 e. The summed E-state index contributed by atoms with van der Waals surface area (Å²) in [7, 11) is 3.18. The van der Waals surface area contributed by atoms with E-state index < -0.39 is 0 Å². The molecule has 0 fully saturated rings. The molecule has 2 aromatic carbocycles. The van der Waals surface area contributed by atoms with Crippen LogP contribution in [0, 0.1) is 0 Å². The smallest absolute Gasteiger partial charge is 0.233 e. The van der Waals surface area contributed by atoms with Gasteiger partial charge in [-0.2, -0.15) is 0 Å². The quantitative estimate of drug-likeness (QED) is 0.564. The Hall–Kier alpha value is -2.93. The van der Waals surface area contributed by atoms with E-state index in [9.17, 15) is 4.79 Å². The Morgan fingerprint density at radius 1 is 1.14 bits per heavy atom. The number of carbonyl (C=O) groups excluding carboxylic acids is 1. The van der Waals surface area contributed by atoms with Crippen LogP contribution in [-0.4, -0.2) is 35.3 Å². The van der Waals surface area contributed by atoms with Crippen LogP contribution in [0.5, 0.6) is 11.5 Å². The van der Waals surface area contributed by atoms with Crippen molar-refractivity contribution in [1.29, 1.82) is 0 Å². The zero-order valence-corrected chi connectivity index (χ0v) is 16.9. The third-order valence-corrected chi connectivity index (χ3v) is 5.21. The van der Waals surface area contributed by atoms with Gasteiger partial charge in [0.1, 0.15) is 0 Å². The van der Waals surface area contributed by atoms with Crippen LogP contribution in [0.15, 0.2) is 59.9 Å². The maximum atomic E-state index is 12.4. The molecule has 1 heterocycles. The first-order valence-electron chi connectivity index (χ1n) is 8.86. The third kappa shape index (κ3) is 4.86. The number of imidazole rings is 1. The zero-order valence-electron chi connectivity index (χ0n) is 16.1. The van der Waals surface area contributed by atoms with Crippen molar-refractivity contribution in [1.82, 2.24) is 15.3 Å². The summed E-state index contributed by atoms with van der Waals surface area (Å²) in [6.45, 7) is 2.27. The molecule has 1 aromatic heterocycles. The summed E-state index contributed by atoms with van der Waals surface area (Å²) in [4.78, 5) is 20.1. The van der Waals surface area contributed by atoms with Gasteiger partial charge in [0.05, 0.1) is 31.4 Å². The minimum atomic E-state index is -0.282. The standard InChI is InChI=1S/C21H23N3O3S/c1-14(28-21-23-13-17(24-21)16-7-5-4-6-8-16)20(25)22-12-15-9-10-18(26-2)19(11-15)27-3/h4-11,13-14H,12H2,1-3H3,(H,22,25)(H,23,24). The largest absolute Gasteiger partial charge is 0.493 e. The molecule has 7 heteroatoms. The summed E-state index contributed by atoms with van der Waals surface area (Å²) in [5.74, 6) is 1.24. The van der Waals surface area contributed by atoms with Gasteiger partial charge in [-0.25, -0.2) is 4.98 Å². The Bertz CT molecular complexity index is 928. The van der Waals surface area contributed by atoms with Crippen molar-refractivity contribution in [2.45, 2.75) is 23.9 Å². The number of nitrogens with one attached hydrogen (secondary N) is 2. The van der Waals surface area contributed by atoms with Crippen molar-refractivity contribution in [3.05, 3.63) is 60.3 Å². The number of H-pyrrole nitrogens is 1. The van der Waals surface area contributed by atoms with Crippen molar-refractivity contribution in [2.75, 3.05) is 14.2 Å². The number of benzene rings is 2. The van der Waals surface area contributed by atoms with Crippen LogP contribution in [-0.2, 0) is 11.3 Å². The summed E-state index contributed by atoms with van der Waals surface area (Å²) in [6, 6.07) is 15.5. The SMILES string of the molecule is COc1ccc(CNC(=O)C(C)Sc2ncc(-c3ccccc3)[nH]2)cc1OC. The number of methoxy groups -OCH3 is 2. The monoisotopic (exact) mass is 397 g/mol. The number of aromatic nitrogens is 2. The summed E-state index contributed by atoms with van der Waals surface area (Å²) < 4.78 is 10.5. The number of aromatic amines is 1. The maximum absolute atomic E-state index is 12.4. The van der Waals surface area contributed by atoms with Crippen LogP contribution in [0.4, 0.5) is 0 Å². The second-order valence-corrected chi connectivity index (χ2v) is 7.46. The van der Waals surface area contributed by atoms with Gasteiger partial charge in [-0.3, -0.25) is 4.79 Å². The van der Waals surface area contributed by atoms with E-state index in [1.54, 1.807) is 20.4 Å². The summed E-state index contributed by atoms with van der Waals surface area (Å²) in [5, 5.41) is 3.38. The molecule has 0 aliphatic rings. The fourth-order valence-electron chi connectivity index (χ4n) is 2.67. The van der Waals surface area contributed by atoms with E-state index in [4.69, 9.17) is 9.47 Å². The summed E-state index contributed by atoms with van der Waals surface area (Å²) in [5.41, 5.74) is 2.93. The number of ether oxygens (including phenoxy) is 2. The molecule has 0 saturated carbocycles. The second-order valence-electron chi connectivity index (χ2n) is 6.14. The number of nitrogens with zero attached hydrogens (tertiary/aromatic N) is 1. The zero-order chi connectivity index (χ0) is 19.9. The van der Waals surface area contributed by atoms with Gasteiger partial charge in [-0.05, 0) is 30.2 Å². The lowest BCUT2D eigenvalue weighted by atomic mass is 10.2. The van der Waals surface area contributed by atoms with Gasteiger partial charge in [0.25, 0.3) is 0 Å². The van der Waals surface area contributed by atoms with Crippen LogP contribution < -0.4 is 14.8 Å². The molecule has 1 amide bonds. The van der Waals surface area contributed by atoms with Crippen LogP contribution in [0.3, 0.4) is 0 Å². The minimum absolute atomic E-state index is 0.0579. The minimum Gasteiger partial charge on any atom is -0.493 e. The first kappa shape index (κ1) is 19.8. The number of amides is 1. The number of carbonyl (C=O) groups is 1. The van der Waals surface area contributed by atoms with Crippen LogP contribution in [0.1, 0.15) is 12.5 Å². The highest BCUT2D eigenvalue weighted by atomic mass is 32.2. The molecular formula is C21H23N3O3S. The molecular weight excluding hydrogens is 374 g/mol. The highest BCUT2D eigenvalue weighted by Gasteiger charge is 2.16. The Morgan fingerprint density at radius 3 is 2.61 bits per heavy atom. The predicted molar refractivity (Wildman–Crippen MR) is 111 cm³/mol. The lowest BCUT2D eigenvalue weighted by Gasteiger charge is -2.12. The highest BCUT2D eigenvalue weighted by molar-refractivity contribution is 8.00. The molecule has 1 unspecified atom stereocenters. The summed E-state index contributed by atoms with van der Waals surface area (Å²) in [6.07, 6.45) is 1.78. The van der Waals surface area contributed by atoms with Crippen LogP contribution in [0.2, 0.25) is 0 Å². The van der Waals surface area contributed by atoms with E-state index >= 15 is 0 Å². The number of hydrogen-bond donors (Lipinski definition) is 2. The molecule has 1 atom stereocenters. The van der Waals surface area contributed by atoms with Gasteiger partial charge >= 0.3 is 0 Å². The van der Waals surface area contributed by atoms with Crippen molar-refractivity contribution in [3.63, 3.8) is 0 Å². The Morgan fingerprint density at radius 2 is 1.89 bits per heavy atom. The third-order valence-electron chi connectivity index (χ3n) is 4.21. The van der Waals surface area contributed by atoms with Crippen molar-refractivity contribution < 1.29 is 14.3 Å². The molecule has 0 aliphatic carbocycles. The number of thioether (sulfide) groups is 1. The van der Waals surface area contributed by atoms with E-state index in [2.05, 4.69) is 15.3 Å². The van der Waals surface area contributed by atoms with Gasteiger partial charge < -0.3 is 19.8 Å². The molecule has 0 aliphatic heterocycles. The first-order valence-corrected chi connectivity index (χ1v) is 9.74. The van der Waals surface area contributed by atoms with Crippen molar-refractivity contribution in [3.8, 4) is 22.8 Å². The average molecular weight is 398 g/mol. The van der Waals surface area contributed by atoms with Crippen molar-refractivity contribution in [2.24, 2.45) is 0 Å². The van der Waals surface area contributed by atoms with Crippen LogP contribution >= 0.6 is 11.8 Å². The molecule has 146 valence electrons. The molecule has 0 radical (unpaired) electrons.